The summed E-state index contributed by atoms with van der Waals surface area (Å²) in [7, 11) is -2.51. The van der Waals surface area contributed by atoms with Gasteiger partial charge in [-0.25, -0.2) is 22.2 Å². The first kappa shape index (κ1) is 30.4. The van der Waals surface area contributed by atoms with Crippen molar-refractivity contribution in [2.75, 3.05) is 30.8 Å². The molecule has 9 nitrogen and oxygen atoms in total. The van der Waals surface area contributed by atoms with E-state index >= 15 is 0 Å². The van der Waals surface area contributed by atoms with Crippen molar-refractivity contribution in [1.29, 1.82) is 0 Å². The van der Waals surface area contributed by atoms with Crippen LogP contribution in [0, 0.1) is 5.82 Å². The first-order valence-corrected chi connectivity index (χ1v) is 15.3. The third kappa shape index (κ3) is 5.88. The minimum Gasteiger partial charge on any atom is -0.455 e. The molecule has 226 valence electrons. The maximum atomic E-state index is 13.7. The number of aromatic nitrogens is 1. The molecule has 0 aliphatic rings. The summed E-state index contributed by atoms with van der Waals surface area (Å²) in [4.78, 5) is 25.2. The van der Waals surface area contributed by atoms with Crippen molar-refractivity contribution < 1.29 is 26.4 Å². The lowest BCUT2D eigenvalue weighted by atomic mass is 10.0. The third-order valence-corrected chi connectivity index (χ3v) is 8.20. The molecular formula is C32H29F2N5O4S. The Bertz CT molecular complexity index is 2030. The molecule has 2 heterocycles. The molecule has 3 aromatic carbocycles. The lowest BCUT2D eigenvalue weighted by molar-refractivity contribution is 0.0964. The lowest BCUT2D eigenvalue weighted by Gasteiger charge is -2.24. The Kier molecular flexibility index (Phi) is 8.45. The standard InChI is InChI=1S/C32H29F2N5O4S/c1-19(37-27(18-35-2)26-15-21-7-5-6-8-25(21)38-26)23-16-24-29(17-28(23)39(14-13-33)44(4,41)42)43-31(30(24)32(40)36-3)20-9-11-22(34)12-10-20/h5-12,15-18,38H,2,13-14H2,1,3-4H3,(H,36,40)/b27-18-,37-19+. The first-order chi connectivity index (χ1) is 21.0. The van der Waals surface area contributed by atoms with E-state index in [1.54, 1.807) is 13.0 Å². The highest BCUT2D eigenvalue weighted by Crippen LogP contribution is 2.39. The zero-order chi connectivity index (χ0) is 31.6. The predicted octanol–water partition coefficient (Wildman–Crippen LogP) is 6.32. The molecule has 0 radical (unpaired) electrons. The van der Waals surface area contributed by atoms with Crippen LogP contribution in [0.15, 0.2) is 87.3 Å². The number of sulfonamides is 1. The third-order valence-electron chi connectivity index (χ3n) is 7.02. The van der Waals surface area contributed by atoms with E-state index in [4.69, 9.17) is 9.41 Å². The van der Waals surface area contributed by atoms with Crippen LogP contribution in [0.2, 0.25) is 0 Å². The molecule has 12 heteroatoms. The molecule has 2 aromatic heterocycles. The summed E-state index contributed by atoms with van der Waals surface area (Å²) >= 11 is 0. The summed E-state index contributed by atoms with van der Waals surface area (Å²) in [6.45, 7) is 3.81. The minimum atomic E-state index is -3.97. The maximum Gasteiger partial charge on any atom is 0.255 e. The van der Waals surface area contributed by atoms with Gasteiger partial charge in [-0.05, 0) is 56.1 Å². The van der Waals surface area contributed by atoms with Gasteiger partial charge in [-0.3, -0.25) is 14.1 Å². The molecular weight excluding hydrogens is 588 g/mol. The second kappa shape index (κ2) is 12.3. The van der Waals surface area contributed by atoms with Gasteiger partial charge in [-0.1, -0.05) is 18.2 Å². The molecule has 0 saturated carbocycles. The number of alkyl halides is 1. The summed E-state index contributed by atoms with van der Waals surface area (Å²) in [5.74, 6) is -0.789. The Labute approximate surface area is 252 Å². The van der Waals surface area contributed by atoms with Crippen molar-refractivity contribution in [2.24, 2.45) is 9.98 Å². The zero-order valence-electron chi connectivity index (χ0n) is 24.2. The van der Waals surface area contributed by atoms with Crippen LogP contribution in [-0.2, 0) is 10.0 Å². The molecule has 0 aliphatic heterocycles. The van der Waals surface area contributed by atoms with E-state index in [1.165, 1.54) is 43.6 Å². The Morgan fingerprint density at radius 2 is 1.86 bits per heavy atom. The summed E-state index contributed by atoms with van der Waals surface area (Å²) in [5, 5.41) is 3.90. The van der Waals surface area contributed by atoms with Gasteiger partial charge in [-0.2, -0.15) is 0 Å². The van der Waals surface area contributed by atoms with E-state index in [1.807, 2.05) is 30.3 Å². The van der Waals surface area contributed by atoms with Crippen molar-refractivity contribution in [3.63, 3.8) is 0 Å². The highest BCUT2D eigenvalue weighted by molar-refractivity contribution is 7.92. The normalized spacial score (nSPS) is 12.6. The van der Waals surface area contributed by atoms with Gasteiger partial charge in [0.15, 0.2) is 0 Å². The number of furan rings is 1. The number of hydrogen-bond donors (Lipinski definition) is 2. The second-order valence-corrected chi connectivity index (χ2v) is 11.9. The van der Waals surface area contributed by atoms with E-state index in [2.05, 4.69) is 22.0 Å². The summed E-state index contributed by atoms with van der Waals surface area (Å²) in [6, 6.07) is 18.0. The minimum absolute atomic E-state index is 0.101. The SMILES string of the molecule is C=N/C=C(\N=C(/C)c1cc2c(C(=O)NC)c(-c3ccc(F)cc3)oc2cc1N(CCF)S(C)(=O)=O)c1cc2ccccc2[nH]1. The second-order valence-electron chi connectivity index (χ2n) is 9.95. The summed E-state index contributed by atoms with van der Waals surface area (Å²) < 4.78 is 60.3. The number of nitrogens with one attached hydrogen (secondary N) is 2. The fourth-order valence-corrected chi connectivity index (χ4v) is 5.93. The fraction of sp³-hybridized carbons (Fsp3) is 0.156. The zero-order valence-corrected chi connectivity index (χ0v) is 25.0. The number of H-pyrrole nitrogens is 1. The number of nitrogens with zero attached hydrogens (tertiary/aromatic N) is 3. The number of rotatable bonds is 10. The molecule has 5 rings (SSSR count). The Morgan fingerprint density at radius 3 is 2.50 bits per heavy atom. The van der Waals surface area contributed by atoms with E-state index < -0.39 is 35.0 Å². The van der Waals surface area contributed by atoms with Crippen molar-refractivity contribution in [3.8, 4) is 11.3 Å². The number of anilines is 1. The number of amides is 1. The molecule has 0 unspecified atom stereocenters. The topological polar surface area (TPSA) is 120 Å². The quantitative estimate of drug-likeness (QED) is 0.178. The molecule has 0 bridgehead atoms. The van der Waals surface area contributed by atoms with Gasteiger partial charge < -0.3 is 14.7 Å². The number of carbonyl (C=O) groups excluding carboxylic acids is 1. The van der Waals surface area contributed by atoms with E-state index in [0.717, 1.165) is 21.5 Å². The molecule has 2 N–H and O–H groups in total. The van der Waals surface area contributed by atoms with Crippen LogP contribution in [0.3, 0.4) is 0 Å². The molecule has 0 atom stereocenters. The summed E-state index contributed by atoms with van der Waals surface area (Å²) in [5.41, 5.74) is 3.42. The number of para-hydroxylation sites is 1. The average Bonchev–Trinajstić information content (AvgIpc) is 3.60. The van der Waals surface area contributed by atoms with Gasteiger partial charge in [0.1, 0.15) is 29.5 Å². The van der Waals surface area contributed by atoms with Crippen LogP contribution >= 0.6 is 0 Å². The van der Waals surface area contributed by atoms with Crippen molar-refractivity contribution in [3.05, 3.63) is 95.6 Å². The number of aromatic amines is 1. The molecule has 0 spiro atoms. The molecule has 0 aliphatic carbocycles. The van der Waals surface area contributed by atoms with Crippen LogP contribution in [0.25, 0.3) is 38.9 Å². The monoisotopic (exact) mass is 617 g/mol. The lowest BCUT2D eigenvalue weighted by Crippen LogP contribution is -2.33. The predicted molar refractivity (Wildman–Crippen MR) is 171 cm³/mol. The first-order valence-electron chi connectivity index (χ1n) is 13.5. The van der Waals surface area contributed by atoms with Crippen molar-refractivity contribution >= 4 is 61.6 Å². The van der Waals surface area contributed by atoms with Crippen LogP contribution in [0.5, 0.6) is 0 Å². The van der Waals surface area contributed by atoms with Crippen molar-refractivity contribution in [1.82, 2.24) is 10.3 Å². The highest BCUT2D eigenvalue weighted by Gasteiger charge is 2.27. The van der Waals surface area contributed by atoms with E-state index in [-0.39, 0.29) is 22.6 Å². The highest BCUT2D eigenvalue weighted by atomic mass is 32.2. The summed E-state index contributed by atoms with van der Waals surface area (Å²) in [6.07, 6.45) is 2.44. The van der Waals surface area contributed by atoms with Gasteiger partial charge >= 0.3 is 0 Å². The van der Waals surface area contributed by atoms with Gasteiger partial charge in [0.25, 0.3) is 5.91 Å². The smallest absolute Gasteiger partial charge is 0.255 e. The number of fused-ring (bicyclic) bond motifs is 2. The van der Waals surface area contributed by atoms with Crippen molar-refractivity contribution in [2.45, 2.75) is 6.92 Å². The van der Waals surface area contributed by atoms with Gasteiger partial charge in [0, 0.05) is 46.2 Å². The van der Waals surface area contributed by atoms with Crippen LogP contribution in [-0.4, -0.2) is 58.3 Å². The largest absolute Gasteiger partial charge is 0.455 e. The number of benzene rings is 3. The van der Waals surface area contributed by atoms with E-state index in [0.29, 0.717) is 33.6 Å². The molecule has 0 fully saturated rings. The number of carbonyl (C=O) groups is 1. The molecule has 44 heavy (non-hydrogen) atoms. The van der Waals surface area contributed by atoms with Gasteiger partial charge in [-0.15, -0.1) is 0 Å². The number of aliphatic imine (C=N–C) groups is 2. The molecule has 1 amide bonds. The average molecular weight is 618 g/mol. The molecule has 5 aromatic rings. The van der Waals surface area contributed by atoms with Crippen LogP contribution < -0.4 is 9.62 Å². The Hall–Kier alpha value is -5.10. The number of hydrogen-bond acceptors (Lipinski definition) is 6. The van der Waals surface area contributed by atoms with Crippen LogP contribution in [0.1, 0.15) is 28.5 Å². The number of halogens is 2. The van der Waals surface area contributed by atoms with E-state index in [9.17, 15) is 22.0 Å². The molecule has 0 saturated heterocycles. The van der Waals surface area contributed by atoms with Gasteiger partial charge in [0.2, 0.25) is 10.0 Å². The maximum absolute atomic E-state index is 13.7. The van der Waals surface area contributed by atoms with Crippen LogP contribution in [0.4, 0.5) is 14.5 Å². The Morgan fingerprint density at radius 1 is 1.14 bits per heavy atom. The van der Waals surface area contributed by atoms with Gasteiger partial charge in [0.05, 0.1) is 35.9 Å². The Balaban J connectivity index is 1.79. The fourth-order valence-electron chi connectivity index (χ4n) is 5.02.